The predicted octanol–water partition coefficient (Wildman–Crippen LogP) is 5.05. The molecule has 0 aliphatic carbocycles. The molecule has 0 spiro atoms. The van der Waals surface area contributed by atoms with Crippen molar-refractivity contribution in [3.63, 3.8) is 0 Å². The van der Waals surface area contributed by atoms with Gasteiger partial charge in [0.15, 0.2) is 5.82 Å². The van der Waals surface area contributed by atoms with Crippen molar-refractivity contribution < 1.29 is 19.1 Å². The van der Waals surface area contributed by atoms with Crippen molar-refractivity contribution in [1.29, 1.82) is 0 Å². The lowest BCUT2D eigenvalue weighted by Crippen LogP contribution is -2.04. The fourth-order valence-corrected chi connectivity index (χ4v) is 3.57. The number of aliphatic carboxylic acids is 1. The van der Waals surface area contributed by atoms with Gasteiger partial charge in [0.2, 0.25) is 5.89 Å². The molecule has 33 heavy (non-hydrogen) atoms. The van der Waals surface area contributed by atoms with Crippen LogP contribution in [0.25, 0.3) is 22.8 Å². The lowest BCUT2D eigenvalue weighted by molar-refractivity contribution is -0.136. The maximum atomic E-state index is 10.8. The van der Waals surface area contributed by atoms with Crippen LogP contribution in [0.4, 0.5) is 0 Å². The molecule has 2 heterocycles. The molecule has 2 aromatic carbocycles. The summed E-state index contributed by atoms with van der Waals surface area (Å²) in [5.41, 5.74) is 4.65. The lowest BCUT2D eigenvalue weighted by Gasteiger charge is -2.09. The molecule has 7 nitrogen and oxygen atoms in total. The summed E-state index contributed by atoms with van der Waals surface area (Å²) in [5, 5.41) is 8.86. The molecule has 0 bridgehead atoms. The van der Waals surface area contributed by atoms with E-state index in [1.165, 1.54) is 0 Å². The van der Waals surface area contributed by atoms with Crippen molar-refractivity contribution in [2.24, 2.45) is 0 Å². The van der Waals surface area contributed by atoms with Gasteiger partial charge in [-0.15, -0.1) is 0 Å². The normalized spacial score (nSPS) is 10.8. The molecule has 0 fully saturated rings. The first-order valence-electron chi connectivity index (χ1n) is 10.8. The summed E-state index contributed by atoms with van der Waals surface area (Å²) in [6.07, 6.45) is 4.67. The molecular weight excluding hydrogens is 418 g/mol. The number of hydrogen-bond donors (Lipinski definition) is 1. The van der Waals surface area contributed by atoms with Crippen molar-refractivity contribution in [1.82, 2.24) is 15.0 Å². The van der Waals surface area contributed by atoms with E-state index in [1.54, 1.807) is 18.5 Å². The van der Waals surface area contributed by atoms with Gasteiger partial charge in [-0.05, 0) is 61.7 Å². The Morgan fingerprint density at radius 3 is 2.55 bits per heavy atom. The van der Waals surface area contributed by atoms with Crippen LogP contribution in [0.1, 0.15) is 29.0 Å². The van der Waals surface area contributed by atoms with Gasteiger partial charge in [-0.1, -0.05) is 18.2 Å². The zero-order valence-corrected chi connectivity index (χ0v) is 18.6. The van der Waals surface area contributed by atoms with Crippen LogP contribution < -0.4 is 4.74 Å². The summed E-state index contributed by atoms with van der Waals surface area (Å²) in [6.45, 7) is 4.32. The summed E-state index contributed by atoms with van der Waals surface area (Å²) in [6, 6.07) is 15.3. The topological polar surface area (TPSA) is 98.3 Å². The smallest absolute Gasteiger partial charge is 0.303 e. The standard InChI is InChI=1S/C26H25N3O4/c1-17-15-22(9-7-19(17)8-10-24(30)31)32-14-11-23-18(2)33-26(29-23)21-6-3-5-20(16-21)25-27-12-4-13-28-25/h3-7,9,12-13,15-16H,8,10-11,14H2,1-2H3,(H,30,31). The van der Waals surface area contributed by atoms with E-state index in [1.807, 2.05) is 56.3 Å². The Balaban J connectivity index is 1.40. The highest BCUT2D eigenvalue weighted by Gasteiger charge is 2.13. The highest BCUT2D eigenvalue weighted by atomic mass is 16.5. The fraction of sp³-hybridized carbons (Fsp3) is 0.231. The SMILES string of the molecule is Cc1cc(OCCc2nc(-c3cccc(-c4ncccn4)c3)oc2C)ccc1CCC(=O)O. The molecule has 4 rings (SSSR count). The van der Waals surface area contributed by atoms with Crippen molar-refractivity contribution in [3.8, 4) is 28.6 Å². The van der Waals surface area contributed by atoms with Gasteiger partial charge in [0, 0.05) is 36.4 Å². The average molecular weight is 444 g/mol. The Hall–Kier alpha value is -4.00. The first-order valence-corrected chi connectivity index (χ1v) is 10.8. The minimum absolute atomic E-state index is 0.121. The van der Waals surface area contributed by atoms with Crippen LogP contribution in [0.15, 0.2) is 65.3 Å². The average Bonchev–Trinajstić information content (AvgIpc) is 3.19. The van der Waals surface area contributed by atoms with E-state index in [0.717, 1.165) is 39.5 Å². The third kappa shape index (κ3) is 5.63. The molecule has 4 aromatic rings. The lowest BCUT2D eigenvalue weighted by atomic mass is 10.0. The summed E-state index contributed by atoms with van der Waals surface area (Å²) >= 11 is 0. The Bertz CT molecular complexity index is 1250. The highest BCUT2D eigenvalue weighted by molar-refractivity contribution is 5.67. The van der Waals surface area contributed by atoms with Gasteiger partial charge in [-0.2, -0.15) is 0 Å². The second kappa shape index (κ2) is 10.1. The largest absolute Gasteiger partial charge is 0.493 e. The van der Waals surface area contributed by atoms with Gasteiger partial charge in [0.25, 0.3) is 0 Å². The molecule has 0 saturated heterocycles. The summed E-state index contributed by atoms with van der Waals surface area (Å²) in [5.74, 6) is 1.93. The van der Waals surface area contributed by atoms with E-state index in [0.29, 0.717) is 31.2 Å². The molecule has 0 aliphatic heterocycles. The molecule has 0 amide bonds. The Labute approximate surface area is 192 Å². The van der Waals surface area contributed by atoms with Gasteiger partial charge >= 0.3 is 5.97 Å². The van der Waals surface area contributed by atoms with E-state index < -0.39 is 5.97 Å². The number of nitrogens with zero attached hydrogens (tertiary/aromatic N) is 3. The predicted molar refractivity (Wildman–Crippen MR) is 124 cm³/mol. The first-order chi connectivity index (χ1) is 16.0. The molecule has 0 radical (unpaired) electrons. The van der Waals surface area contributed by atoms with E-state index in [4.69, 9.17) is 14.3 Å². The fourth-order valence-electron chi connectivity index (χ4n) is 3.57. The highest BCUT2D eigenvalue weighted by Crippen LogP contribution is 2.26. The summed E-state index contributed by atoms with van der Waals surface area (Å²) < 4.78 is 11.8. The van der Waals surface area contributed by atoms with E-state index in [-0.39, 0.29) is 6.42 Å². The number of aryl methyl sites for hydroxylation is 3. The van der Waals surface area contributed by atoms with Crippen LogP contribution in [0.5, 0.6) is 5.75 Å². The molecule has 0 unspecified atom stereocenters. The summed E-state index contributed by atoms with van der Waals surface area (Å²) in [7, 11) is 0. The van der Waals surface area contributed by atoms with Gasteiger partial charge in [0.1, 0.15) is 11.5 Å². The maximum absolute atomic E-state index is 10.8. The number of carboxylic acids is 1. The molecule has 168 valence electrons. The zero-order chi connectivity index (χ0) is 23.2. The molecule has 1 N–H and O–H groups in total. The number of benzene rings is 2. The molecule has 0 aliphatic rings. The number of hydrogen-bond acceptors (Lipinski definition) is 6. The number of oxazole rings is 1. The van der Waals surface area contributed by atoms with Crippen LogP contribution in [-0.4, -0.2) is 32.6 Å². The second-order valence-corrected chi connectivity index (χ2v) is 7.76. The maximum Gasteiger partial charge on any atom is 0.303 e. The van der Waals surface area contributed by atoms with Crippen molar-refractivity contribution in [2.75, 3.05) is 6.61 Å². The van der Waals surface area contributed by atoms with Crippen molar-refractivity contribution >= 4 is 5.97 Å². The van der Waals surface area contributed by atoms with Gasteiger partial charge in [-0.3, -0.25) is 4.79 Å². The number of ether oxygens (including phenoxy) is 1. The zero-order valence-electron chi connectivity index (χ0n) is 18.6. The van der Waals surface area contributed by atoms with Crippen LogP contribution in [0.3, 0.4) is 0 Å². The van der Waals surface area contributed by atoms with Crippen LogP contribution >= 0.6 is 0 Å². The van der Waals surface area contributed by atoms with Gasteiger partial charge < -0.3 is 14.3 Å². The first kappa shape index (κ1) is 22.2. The number of carbonyl (C=O) groups is 1. The second-order valence-electron chi connectivity index (χ2n) is 7.76. The Kier molecular flexibility index (Phi) is 6.78. The van der Waals surface area contributed by atoms with Gasteiger partial charge in [0.05, 0.1) is 12.3 Å². The molecule has 0 atom stereocenters. The Morgan fingerprint density at radius 1 is 1.00 bits per heavy atom. The van der Waals surface area contributed by atoms with E-state index in [9.17, 15) is 4.79 Å². The summed E-state index contributed by atoms with van der Waals surface area (Å²) in [4.78, 5) is 24.1. The van der Waals surface area contributed by atoms with E-state index >= 15 is 0 Å². The molecule has 2 aromatic heterocycles. The third-order valence-corrected chi connectivity index (χ3v) is 5.36. The van der Waals surface area contributed by atoms with Crippen LogP contribution in [-0.2, 0) is 17.6 Å². The van der Waals surface area contributed by atoms with Crippen LogP contribution in [0.2, 0.25) is 0 Å². The number of carboxylic acid groups (broad SMARTS) is 1. The molecule has 7 heteroatoms. The van der Waals surface area contributed by atoms with Crippen molar-refractivity contribution in [3.05, 3.63) is 83.5 Å². The van der Waals surface area contributed by atoms with Crippen LogP contribution in [0, 0.1) is 13.8 Å². The number of aromatic nitrogens is 3. The van der Waals surface area contributed by atoms with Gasteiger partial charge in [-0.25, -0.2) is 15.0 Å². The van der Waals surface area contributed by atoms with E-state index in [2.05, 4.69) is 15.0 Å². The monoisotopic (exact) mass is 443 g/mol. The Morgan fingerprint density at radius 2 is 1.79 bits per heavy atom. The molecular formula is C26H25N3O4. The quantitative estimate of drug-likeness (QED) is 0.386. The number of rotatable bonds is 9. The minimum Gasteiger partial charge on any atom is -0.493 e. The third-order valence-electron chi connectivity index (χ3n) is 5.36. The minimum atomic E-state index is -0.794. The van der Waals surface area contributed by atoms with Crippen molar-refractivity contribution in [2.45, 2.75) is 33.1 Å². The molecule has 0 saturated carbocycles.